The van der Waals surface area contributed by atoms with Gasteiger partial charge in [0.15, 0.2) is 0 Å². The average molecular weight is 263 g/mol. The van der Waals surface area contributed by atoms with Gasteiger partial charge in [-0.05, 0) is 13.0 Å². The summed E-state index contributed by atoms with van der Waals surface area (Å²) >= 11 is 1.79. The first kappa shape index (κ1) is 13.1. The third-order valence-electron chi connectivity index (χ3n) is 2.56. The fourth-order valence-electron chi connectivity index (χ4n) is 1.55. The molecule has 96 valence electrons. The molecule has 18 heavy (non-hydrogen) atoms. The lowest BCUT2D eigenvalue weighted by Crippen LogP contribution is -2.07. The summed E-state index contributed by atoms with van der Waals surface area (Å²) in [6, 6.07) is 9.83. The second-order valence-electron chi connectivity index (χ2n) is 4.08. The SMILES string of the molecule is CC(CCN)SCc1nc(-c2ccccc2)no1. The Morgan fingerprint density at radius 3 is 2.83 bits per heavy atom. The number of hydrogen-bond acceptors (Lipinski definition) is 5. The van der Waals surface area contributed by atoms with Crippen molar-refractivity contribution in [3.8, 4) is 11.4 Å². The Hall–Kier alpha value is -1.33. The van der Waals surface area contributed by atoms with Crippen molar-refractivity contribution in [2.24, 2.45) is 5.73 Å². The van der Waals surface area contributed by atoms with Gasteiger partial charge in [-0.2, -0.15) is 4.98 Å². The highest BCUT2D eigenvalue weighted by Crippen LogP contribution is 2.21. The first-order chi connectivity index (χ1) is 8.79. The first-order valence-electron chi connectivity index (χ1n) is 5.99. The van der Waals surface area contributed by atoms with E-state index in [1.54, 1.807) is 11.8 Å². The molecule has 5 heteroatoms. The van der Waals surface area contributed by atoms with E-state index in [1.807, 2.05) is 30.3 Å². The Morgan fingerprint density at radius 2 is 2.11 bits per heavy atom. The Labute approximate surface area is 111 Å². The fraction of sp³-hybridized carbons (Fsp3) is 0.385. The molecule has 0 spiro atoms. The van der Waals surface area contributed by atoms with E-state index in [2.05, 4.69) is 17.1 Å². The molecule has 2 N–H and O–H groups in total. The number of aromatic nitrogens is 2. The molecule has 1 atom stereocenters. The number of benzene rings is 1. The zero-order chi connectivity index (χ0) is 12.8. The third-order valence-corrected chi connectivity index (χ3v) is 3.78. The minimum Gasteiger partial charge on any atom is -0.338 e. The number of nitrogens with two attached hydrogens (primary N) is 1. The lowest BCUT2D eigenvalue weighted by atomic mass is 10.2. The lowest BCUT2D eigenvalue weighted by Gasteiger charge is -2.06. The molecule has 2 aromatic rings. The fourth-order valence-corrected chi connectivity index (χ4v) is 2.40. The van der Waals surface area contributed by atoms with Crippen LogP contribution in [0, 0.1) is 0 Å². The van der Waals surface area contributed by atoms with Gasteiger partial charge in [-0.15, -0.1) is 11.8 Å². The van der Waals surface area contributed by atoms with Gasteiger partial charge in [0.2, 0.25) is 11.7 Å². The van der Waals surface area contributed by atoms with Gasteiger partial charge >= 0.3 is 0 Å². The van der Waals surface area contributed by atoms with Gasteiger partial charge < -0.3 is 10.3 Å². The standard InChI is InChI=1S/C13H17N3OS/c1-10(7-8-14)18-9-12-15-13(16-17-12)11-5-3-2-4-6-11/h2-6,10H,7-9,14H2,1H3. The normalized spacial score (nSPS) is 12.6. The molecule has 0 saturated carbocycles. The molecule has 1 aromatic carbocycles. The lowest BCUT2D eigenvalue weighted by molar-refractivity contribution is 0.391. The van der Waals surface area contributed by atoms with Crippen molar-refractivity contribution in [2.75, 3.05) is 6.54 Å². The Kier molecular flexibility index (Phi) is 4.78. The number of hydrogen-bond donors (Lipinski definition) is 1. The second-order valence-corrected chi connectivity index (χ2v) is 5.50. The number of rotatable bonds is 6. The van der Waals surface area contributed by atoms with E-state index in [-0.39, 0.29) is 0 Å². The predicted molar refractivity (Wildman–Crippen MR) is 74.2 cm³/mol. The van der Waals surface area contributed by atoms with Crippen molar-refractivity contribution >= 4 is 11.8 Å². The summed E-state index contributed by atoms with van der Waals surface area (Å²) in [4.78, 5) is 4.38. The van der Waals surface area contributed by atoms with Crippen LogP contribution in [0.4, 0.5) is 0 Å². The zero-order valence-corrected chi connectivity index (χ0v) is 11.2. The van der Waals surface area contributed by atoms with Gasteiger partial charge in [0.05, 0.1) is 5.75 Å². The quantitative estimate of drug-likeness (QED) is 0.868. The third kappa shape index (κ3) is 3.58. The summed E-state index contributed by atoms with van der Waals surface area (Å²) in [6.07, 6.45) is 1.00. The summed E-state index contributed by atoms with van der Waals surface area (Å²) in [5.74, 6) is 2.06. The van der Waals surface area contributed by atoms with Gasteiger partial charge in [-0.25, -0.2) is 0 Å². The zero-order valence-electron chi connectivity index (χ0n) is 10.4. The minimum atomic E-state index is 0.516. The van der Waals surface area contributed by atoms with Crippen LogP contribution in [-0.4, -0.2) is 21.9 Å². The van der Waals surface area contributed by atoms with E-state index in [1.165, 1.54) is 0 Å². The van der Waals surface area contributed by atoms with Crippen LogP contribution in [0.3, 0.4) is 0 Å². The maximum absolute atomic E-state index is 5.51. The summed E-state index contributed by atoms with van der Waals surface area (Å²) in [5, 5.41) is 4.50. The molecule has 0 saturated heterocycles. The minimum absolute atomic E-state index is 0.516. The van der Waals surface area contributed by atoms with Crippen molar-refractivity contribution in [2.45, 2.75) is 24.3 Å². The van der Waals surface area contributed by atoms with Gasteiger partial charge in [0.25, 0.3) is 0 Å². The molecule has 0 radical (unpaired) electrons. The van der Waals surface area contributed by atoms with Crippen LogP contribution < -0.4 is 5.73 Å². The highest BCUT2D eigenvalue weighted by atomic mass is 32.2. The van der Waals surface area contributed by atoms with E-state index in [4.69, 9.17) is 10.3 Å². The highest BCUT2D eigenvalue weighted by molar-refractivity contribution is 7.99. The summed E-state index contributed by atoms with van der Waals surface area (Å²) in [7, 11) is 0. The molecule has 2 rings (SSSR count). The van der Waals surface area contributed by atoms with Gasteiger partial charge in [0.1, 0.15) is 0 Å². The maximum Gasteiger partial charge on any atom is 0.236 e. The summed E-state index contributed by atoms with van der Waals surface area (Å²) in [6.45, 7) is 2.87. The van der Waals surface area contributed by atoms with Crippen molar-refractivity contribution in [1.82, 2.24) is 10.1 Å². The molecule has 1 unspecified atom stereocenters. The summed E-state index contributed by atoms with van der Waals surface area (Å²) in [5.41, 5.74) is 6.49. The molecule has 0 aliphatic heterocycles. The van der Waals surface area contributed by atoms with Crippen LogP contribution >= 0.6 is 11.8 Å². The van der Waals surface area contributed by atoms with E-state index < -0.39 is 0 Å². The van der Waals surface area contributed by atoms with Crippen molar-refractivity contribution in [3.05, 3.63) is 36.2 Å². The van der Waals surface area contributed by atoms with Crippen LogP contribution in [0.2, 0.25) is 0 Å². The van der Waals surface area contributed by atoms with Crippen molar-refractivity contribution in [1.29, 1.82) is 0 Å². The maximum atomic E-state index is 5.51. The van der Waals surface area contributed by atoms with E-state index >= 15 is 0 Å². The molecule has 0 bridgehead atoms. The van der Waals surface area contributed by atoms with Crippen LogP contribution in [0.25, 0.3) is 11.4 Å². The molecule has 0 aliphatic rings. The van der Waals surface area contributed by atoms with Crippen LogP contribution in [0.15, 0.2) is 34.9 Å². The van der Waals surface area contributed by atoms with Crippen LogP contribution in [0.5, 0.6) is 0 Å². The van der Waals surface area contributed by atoms with Gasteiger partial charge in [0, 0.05) is 10.8 Å². The second kappa shape index (κ2) is 6.56. The van der Waals surface area contributed by atoms with E-state index in [0.717, 1.165) is 17.7 Å². The number of thioether (sulfide) groups is 1. The van der Waals surface area contributed by atoms with E-state index in [9.17, 15) is 0 Å². The predicted octanol–water partition coefficient (Wildman–Crippen LogP) is 2.71. The van der Waals surface area contributed by atoms with Gasteiger partial charge in [-0.1, -0.05) is 42.4 Å². The topological polar surface area (TPSA) is 64.9 Å². The molecule has 0 fully saturated rings. The molecular weight excluding hydrogens is 246 g/mol. The smallest absolute Gasteiger partial charge is 0.236 e. The number of nitrogens with zero attached hydrogens (tertiary/aromatic N) is 2. The van der Waals surface area contributed by atoms with Crippen LogP contribution in [-0.2, 0) is 5.75 Å². The Bertz CT molecular complexity index is 472. The van der Waals surface area contributed by atoms with Crippen LogP contribution in [0.1, 0.15) is 19.2 Å². The average Bonchev–Trinajstić information content (AvgIpc) is 2.87. The molecule has 0 amide bonds. The molecule has 4 nitrogen and oxygen atoms in total. The summed E-state index contributed by atoms with van der Waals surface area (Å²) < 4.78 is 5.23. The molecule has 1 heterocycles. The van der Waals surface area contributed by atoms with E-state index in [0.29, 0.717) is 23.5 Å². The molecular formula is C13H17N3OS. The molecule has 0 aliphatic carbocycles. The van der Waals surface area contributed by atoms with Gasteiger partial charge in [-0.3, -0.25) is 0 Å². The highest BCUT2D eigenvalue weighted by Gasteiger charge is 2.10. The monoisotopic (exact) mass is 263 g/mol. The van der Waals surface area contributed by atoms with Crippen molar-refractivity contribution in [3.63, 3.8) is 0 Å². The van der Waals surface area contributed by atoms with Crippen molar-refractivity contribution < 1.29 is 4.52 Å². The first-order valence-corrected chi connectivity index (χ1v) is 7.04. The Morgan fingerprint density at radius 1 is 1.33 bits per heavy atom. The molecule has 1 aromatic heterocycles. The largest absolute Gasteiger partial charge is 0.338 e. The Balaban J connectivity index is 1.95.